The molecule has 2 rings (SSSR count). The lowest BCUT2D eigenvalue weighted by Crippen LogP contribution is -2.42. The van der Waals surface area contributed by atoms with Crippen LogP contribution < -0.4 is 4.90 Å². The molecule has 1 aliphatic heterocycles. The van der Waals surface area contributed by atoms with E-state index in [1.54, 1.807) is 12.4 Å². The van der Waals surface area contributed by atoms with Crippen molar-refractivity contribution >= 4 is 17.4 Å². The van der Waals surface area contributed by atoms with Crippen LogP contribution in [-0.2, 0) is 0 Å². The zero-order chi connectivity index (χ0) is 10.7. The molecule has 0 amide bonds. The van der Waals surface area contributed by atoms with E-state index in [-0.39, 0.29) is 12.6 Å². The van der Waals surface area contributed by atoms with Crippen molar-refractivity contribution in [3.63, 3.8) is 0 Å². The number of aliphatic hydroxyl groups excluding tert-OH is 1. The van der Waals surface area contributed by atoms with Gasteiger partial charge in [-0.05, 0) is 19.3 Å². The van der Waals surface area contributed by atoms with Crippen molar-refractivity contribution in [2.24, 2.45) is 0 Å². The first-order valence-corrected chi connectivity index (χ1v) is 5.54. The standard InChI is InChI=1S/C10H14ClN3O/c11-9-10(13-5-4-12-9)14-6-2-1-3-8(14)7-15/h4-5,8,15H,1-3,6-7H2/t8-/m1/s1. The first-order valence-electron chi connectivity index (χ1n) is 5.17. The van der Waals surface area contributed by atoms with E-state index < -0.39 is 0 Å². The number of aromatic nitrogens is 2. The molecular formula is C10H14ClN3O. The van der Waals surface area contributed by atoms with E-state index in [4.69, 9.17) is 11.6 Å². The van der Waals surface area contributed by atoms with Gasteiger partial charge in [0.2, 0.25) is 0 Å². The third-order valence-electron chi connectivity index (χ3n) is 2.75. The van der Waals surface area contributed by atoms with Crippen LogP contribution in [-0.4, -0.2) is 34.3 Å². The average molecular weight is 228 g/mol. The van der Waals surface area contributed by atoms with E-state index in [1.165, 1.54) is 0 Å². The highest BCUT2D eigenvalue weighted by molar-refractivity contribution is 6.31. The Hall–Kier alpha value is -0.870. The lowest BCUT2D eigenvalue weighted by Gasteiger charge is -2.35. The number of halogens is 1. The highest BCUT2D eigenvalue weighted by atomic mass is 35.5. The van der Waals surface area contributed by atoms with E-state index in [9.17, 15) is 5.11 Å². The molecule has 1 N–H and O–H groups in total. The topological polar surface area (TPSA) is 49.2 Å². The summed E-state index contributed by atoms with van der Waals surface area (Å²) >= 11 is 5.98. The summed E-state index contributed by atoms with van der Waals surface area (Å²) in [5.74, 6) is 0.693. The Labute approximate surface area is 93.9 Å². The van der Waals surface area contributed by atoms with Crippen LogP contribution in [0.2, 0.25) is 5.15 Å². The van der Waals surface area contributed by atoms with Gasteiger partial charge in [0.05, 0.1) is 12.6 Å². The summed E-state index contributed by atoms with van der Waals surface area (Å²) in [4.78, 5) is 10.3. The molecule has 0 bridgehead atoms. The minimum atomic E-state index is 0.132. The minimum Gasteiger partial charge on any atom is -0.394 e. The van der Waals surface area contributed by atoms with Crippen LogP contribution in [0.25, 0.3) is 0 Å². The average Bonchev–Trinajstić information content (AvgIpc) is 2.30. The summed E-state index contributed by atoms with van der Waals surface area (Å²) in [7, 11) is 0. The lowest BCUT2D eigenvalue weighted by molar-refractivity contribution is 0.239. The number of aliphatic hydroxyl groups is 1. The fraction of sp³-hybridized carbons (Fsp3) is 0.600. The Morgan fingerprint density at radius 1 is 1.40 bits per heavy atom. The molecule has 0 aliphatic carbocycles. The predicted octanol–water partition coefficient (Wildman–Crippen LogP) is 1.48. The summed E-state index contributed by atoms with van der Waals surface area (Å²) < 4.78 is 0. The fourth-order valence-corrected chi connectivity index (χ4v) is 2.19. The van der Waals surface area contributed by atoms with Crippen molar-refractivity contribution in [1.29, 1.82) is 0 Å². The number of anilines is 1. The molecule has 1 aromatic heterocycles. The van der Waals surface area contributed by atoms with Crippen molar-refractivity contribution in [3.05, 3.63) is 17.5 Å². The molecule has 0 aromatic carbocycles. The van der Waals surface area contributed by atoms with Crippen LogP contribution in [0.3, 0.4) is 0 Å². The van der Waals surface area contributed by atoms with Crippen molar-refractivity contribution in [3.8, 4) is 0 Å². The number of hydrogen-bond donors (Lipinski definition) is 1. The van der Waals surface area contributed by atoms with Crippen molar-refractivity contribution in [2.45, 2.75) is 25.3 Å². The summed E-state index contributed by atoms with van der Waals surface area (Å²) in [6, 6.07) is 0.132. The second-order valence-corrected chi connectivity index (χ2v) is 4.05. The molecule has 0 spiro atoms. The third kappa shape index (κ3) is 2.21. The van der Waals surface area contributed by atoms with Crippen LogP contribution in [0.1, 0.15) is 19.3 Å². The molecule has 0 radical (unpaired) electrons. The predicted molar refractivity (Wildman–Crippen MR) is 59.1 cm³/mol. The van der Waals surface area contributed by atoms with Gasteiger partial charge in [-0.3, -0.25) is 0 Å². The van der Waals surface area contributed by atoms with Crippen molar-refractivity contribution in [2.75, 3.05) is 18.1 Å². The van der Waals surface area contributed by atoms with E-state index in [1.807, 2.05) is 0 Å². The number of hydrogen-bond acceptors (Lipinski definition) is 4. The Morgan fingerprint density at radius 3 is 2.93 bits per heavy atom. The number of nitrogens with zero attached hydrogens (tertiary/aromatic N) is 3. The zero-order valence-electron chi connectivity index (χ0n) is 8.43. The van der Waals surface area contributed by atoms with E-state index in [0.717, 1.165) is 25.8 Å². The van der Waals surface area contributed by atoms with Gasteiger partial charge in [-0.1, -0.05) is 11.6 Å². The molecule has 4 nitrogen and oxygen atoms in total. The second-order valence-electron chi connectivity index (χ2n) is 3.70. The molecule has 1 saturated heterocycles. The highest BCUT2D eigenvalue weighted by Crippen LogP contribution is 2.27. The molecule has 15 heavy (non-hydrogen) atoms. The minimum absolute atomic E-state index is 0.132. The van der Waals surface area contributed by atoms with E-state index in [2.05, 4.69) is 14.9 Å². The molecule has 0 unspecified atom stereocenters. The van der Waals surface area contributed by atoms with Crippen LogP contribution in [0.15, 0.2) is 12.4 Å². The largest absolute Gasteiger partial charge is 0.394 e. The van der Waals surface area contributed by atoms with Crippen LogP contribution in [0.4, 0.5) is 5.82 Å². The van der Waals surface area contributed by atoms with Gasteiger partial charge in [-0.15, -0.1) is 0 Å². The van der Waals surface area contributed by atoms with Gasteiger partial charge in [0.1, 0.15) is 0 Å². The summed E-state index contributed by atoms with van der Waals surface area (Å²) in [5, 5.41) is 9.70. The first kappa shape index (κ1) is 10.6. The van der Waals surface area contributed by atoms with Crippen molar-refractivity contribution < 1.29 is 5.11 Å². The molecule has 1 fully saturated rings. The number of piperidine rings is 1. The Morgan fingerprint density at radius 2 is 2.20 bits per heavy atom. The molecule has 1 aliphatic rings. The van der Waals surface area contributed by atoms with Gasteiger partial charge in [0, 0.05) is 18.9 Å². The molecule has 0 saturated carbocycles. The molecule has 1 atom stereocenters. The quantitative estimate of drug-likeness (QED) is 0.832. The van der Waals surface area contributed by atoms with Crippen LogP contribution in [0, 0.1) is 0 Å². The maximum Gasteiger partial charge on any atom is 0.171 e. The maximum absolute atomic E-state index is 9.28. The summed E-state index contributed by atoms with van der Waals surface area (Å²) in [6.45, 7) is 1.04. The highest BCUT2D eigenvalue weighted by Gasteiger charge is 2.24. The van der Waals surface area contributed by atoms with Crippen molar-refractivity contribution in [1.82, 2.24) is 9.97 Å². The maximum atomic E-state index is 9.28. The van der Waals surface area contributed by atoms with Gasteiger partial charge in [0.25, 0.3) is 0 Å². The van der Waals surface area contributed by atoms with Gasteiger partial charge in [-0.2, -0.15) is 0 Å². The van der Waals surface area contributed by atoms with Gasteiger partial charge >= 0.3 is 0 Å². The molecular weight excluding hydrogens is 214 g/mol. The van der Waals surface area contributed by atoms with Gasteiger partial charge in [-0.25, -0.2) is 9.97 Å². The van der Waals surface area contributed by atoms with Crippen LogP contribution in [0.5, 0.6) is 0 Å². The Bertz CT molecular complexity index is 334. The molecule has 2 heterocycles. The Balaban J connectivity index is 2.24. The lowest BCUT2D eigenvalue weighted by atomic mass is 10.0. The van der Waals surface area contributed by atoms with E-state index >= 15 is 0 Å². The zero-order valence-corrected chi connectivity index (χ0v) is 9.19. The SMILES string of the molecule is OC[C@H]1CCCCN1c1nccnc1Cl. The van der Waals surface area contributed by atoms with E-state index in [0.29, 0.717) is 11.0 Å². The molecule has 5 heteroatoms. The molecule has 1 aromatic rings. The molecule has 82 valence electrons. The Kier molecular flexibility index (Phi) is 3.38. The normalized spacial score (nSPS) is 21.7. The number of rotatable bonds is 2. The summed E-state index contributed by atoms with van der Waals surface area (Å²) in [6.07, 6.45) is 6.46. The van der Waals surface area contributed by atoms with Gasteiger partial charge < -0.3 is 10.0 Å². The third-order valence-corrected chi connectivity index (χ3v) is 3.01. The smallest absolute Gasteiger partial charge is 0.171 e. The second kappa shape index (κ2) is 4.77. The fourth-order valence-electron chi connectivity index (χ4n) is 1.98. The van der Waals surface area contributed by atoms with Crippen LogP contribution >= 0.6 is 11.6 Å². The first-order chi connectivity index (χ1) is 7.33. The summed E-state index contributed by atoms with van der Waals surface area (Å²) in [5.41, 5.74) is 0. The van der Waals surface area contributed by atoms with Gasteiger partial charge in [0.15, 0.2) is 11.0 Å². The monoisotopic (exact) mass is 227 g/mol.